The number of pyridine rings is 1. The third-order valence-corrected chi connectivity index (χ3v) is 3.71. The van der Waals surface area contributed by atoms with Gasteiger partial charge in [-0.05, 0) is 30.3 Å². The molecule has 20 heavy (non-hydrogen) atoms. The summed E-state index contributed by atoms with van der Waals surface area (Å²) in [4.78, 5) is 16.7. The van der Waals surface area contributed by atoms with Crippen LogP contribution in [0.25, 0.3) is 11.0 Å². The summed E-state index contributed by atoms with van der Waals surface area (Å²) in [6.45, 7) is 1.98. The van der Waals surface area contributed by atoms with E-state index in [0.717, 1.165) is 21.2 Å². The van der Waals surface area contributed by atoms with E-state index in [9.17, 15) is 4.79 Å². The van der Waals surface area contributed by atoms with Gasteiger partial charge in [0.15, 0.2) is 5.78 Å². The Morgan fingerprint density at radius 3 is 2.70 bits per heavy atom. The lowest BCUT2D eigenvalue weighted by atomic mass is 10.0. The number of ketones is 1. The summed E-state index contributed by atoms with van der Waals surface area (Å²) in [6.07, 6.45) is 3.92. The zero-order chi connectivity index (χ0) is 14.1. The third-order valence-electron chi connectivity index (χ3n) is 3.21. The standard InChI is InChI=1S/C16H12BrNO2/c1-2-13-15(16(19)10-5-7-18-8-6-10)12-9-11(17)3-4-14(12)20-13/h3-9H,2H2,1H3. The first kappa shape index (κ1) is 13.1. The Morgan fingerprint density at radius 2 is 2.00 bits per heavy atom. The van der Waals surface area contributed by atoms with Gasteiger partial charge in [-0.25, -0.2) is 0 Å². The summed E-state index contributed by atoms with van der Waals surface area (Å²) in [5, 5.41) is 0.845. The van der Waals surface area contributed by atoms with Crippen molar-refractivity contribution in [2.45, 2.75) is 13.3 Å². The van der Waals surface area contributed by atoms with Gasteiger partial charge in [-0.15, -0.1) is 0 Å². The largest absolute Gasteiger partial charge is 0.460 e. The summed E-state index contributed by atoms with van der Waals surface area (Å²) in [5.74, 6) is 0.695. The topological polar surface area (TPSA) is 43.1 Å². The molecular formula is C16H12BrNO2. The minimum Gasteiger partial charge on any atom is -0.460 e. The number of rotatable bonds is 3. The molecule has 0 spiro atoms. The van der Waals surface area contributed by atoms with Gasteiger partial charge >= 0.3 is 0 Å². The maximum Gasteiger partial charge on any atom is 0.197 e. The van der Waals surface area contributed by atoms with Crippen molar-refractivity contribution in [3.05, 3.63) is 64.1 Å². The van der Waals surface area contributed by atoms with E-state index in [1.807, 2.05) is 25.1 Å². The third kappa shape index (κ3) is 2.16. The SMILES string of the molecule is CCc1oc2ccc(Br)cc2c1C(=O)c1ccncc1. The number of halogens is 1. The fraction of sp³-hybridized carbons (Fsp3) is 0.125. The number of aromatic nitrogens is 1. The Labute approximate surface area is 124 Å². The number of benzene rings is 1. The molecule has 3 rings (SSSR count). The van der Waals surface area contributed by atoms with Crippen LogP contribution in [0.1, 0.15) is 28.6 Å². The molecule has 0 aliphatic carbocycles. The van der Waals surface area contributed by atoms with Crippen LogP contribution in [-0.4, -0.2) is 10.8 Å². The van der Waals surface area contributed by atoms with Crippen molar-refractivity contribution in [3.63, 3.8) is 0 Å². The predicted octanol–water partition coefficient (Wildman–Crippen LogP) is 4.38. The first-order valence-electron chi connectivity index (χ1n) is 6.36. The average molecular weight is 330 g/mol. The maximum absolute atomic E-state index is 12.7. The molecule has 100 valence electrons. The van der Waals surface area contributed by atoms with Crippen LogP contribution in [-0.2, 0) is 6.42 Å². The Balaban J connectivity index is 2.24. The molecule has 4 heteroatoms. The Kier molecular flexibility index (Phi) is 3.40. The zero-order valence-electron chi connectivity index (χ0n) is 10.9. The van der Waals surface area contributed by atoms with Crippen LogP contribution in [0.4, 0.5) is 0 Å². The Morgan fingerprint density at radius 1 is 1.25 bits per heavy atom. The van der Waals surface area contributed by atoms with Gasteiger partial charge in [-0.3, -0.25) is 9.78 Å². The van der Waals surface area contributed by atoms with Gasteiger partial charge in [0, 0.05) is 34.2 Å². The predicted molar refractivity (Wildman–Crippen MR) is 81.0 cm³/mol. The molecule has 0 aliphatic heterocycles. The van der Waals surface area contributed by atoms with E-state index in [1.54, 1.807) is 24.5 Å². The highest BCUT2D eigenvalue weighted by Gasteiger charge is 2.21. The van der Waals surface area contributed by atoms with Gasteiger partial charge in [0.2, 0.25) is 0 Å². The molecule has 0 amide bonds. The normalized spacial score (nSPS) is 10.9. The van der Waals surface area contributed by atoms with E-state index in [1.165, 1.54) is 0 Å². The maximum atomic E-state index is 12.7. The summed E-state index contributed by atoms with van der Waals surface area (Å²) < 4.78 is 6.72. The van der Waals surface area contributed by atoms with Gasteiger partial charge < -0.3 is 4.42 Å². The molecule has 0 bridgehead atoms. The van der Waals surface area contributed by atoms with Crippen molar-refractivity contribution in [1.29, 1.82) is 0 Å². The molecule has 0 unspecified atom stereocenters. The van der Waals surface area contributed by atoms with Crippen LogP contribution in [0.5, 0.6) is 0 Å². The first-order valence-corrected chi connectivity index (χ1v) is 7.15. The van der Waals surface area contributed by atoms with Crippen LogP contribution < -0.4 is 0 Å². The fourth-order valence-electron chi connectivity index (χ4n) is 2.27. The quantitative estimate of drug-likeness (QED) is 0.669. The molecule has 0 atom stereocenters. The van der Waals surface area contributed by atoms with Crippen LogP contribution in [0.3, 0.4) is 0 Å². The summed E-state index contributed by atoms with van der Waals surface area (Å²) in [6, 6.07) is 9.15. The van der Waals surface area contributed by atoms with E-state index >= 15 is 0 Å². The molecule has 0 saturated heterocycles. The van der Waals surface area contributed by atoms with Crippen LogP contribution in [0.2, 0.25) is 0 Å². The number of fused-ring (bicyclic) bond motifs is 1. The molecule has 1 aromatic carbocycles. The van der Waals surface area contributed by atoms with E-state index in [2.05, 4.69) is 20.9 Å². The smallest absolute Gasteiger partial charge is 0.197 e. The van der Waals surface area contributed by atoms with Crippen molar-refractivity contribution >= 4 is 32.7 Å². The van der Waals surface area contributed by atoms with Crippen molar-refractivity contribution in [1.82, 2.24) is 4.98 Å². The van der Waals surface area contributed by atoms with Crippen molar-refractivity contribution in [3.8, 4) is 0 Å². The molecule has 0 fully saturated rings. The molecule has 0 radical (unpaired) electrons. The van der Waals surface area contributed by atoms with Gasteiger partial charge in [0.25, 0.3) is 0 Å². The minimum absolute atomic E-state index is 0.0268. The highest BCUT2D eigenvalue weighted by atomic mass is 79.9. The van der Waals surface area contributed by atoms with Crippen molar-refractivity contribution in [2.24, 2.45) is 0 Å². The second-order valence-corrected chi connectivity index (χ2v) is 5.37. The van der Waals surface area contributed by atoms with Gasteiger partial charge in [0.05, 0.1) is 5.56 Å². The highest BCUT2D eigenvalue weighted by molar-refractivity contribution is 9.10. The highest BCUT2D eigenvalue weighted by Crippen LogP contribution is 2.30. The molecule has 3 nitrogen and oxygen atoms in total. The van der Waals surface area contributed by atoms with Gasteiger partial charge in [-0.2, -0.15) is 0 Å². The molecule has 0 saturated carbocycles. The van der Waals surface area contributed by atoms with Crippen LogP contribution in [0.15, 0.2) is 51.6 Å². The van der Waals surface area contributed by atoms with E-state index in [-0.39, 0.29) is 5.78 Å². The number of carbonyl (C=O) groups is 1. The fourth-order valence-corrected chi connectivity index (χ4v) is 2.63. The molecular weight excluding hydrogens is 318 g/mol. The lowest BCUT2D eigenvalue weighted by molar-refractivity contribution is 0.103. The van der Waals surface area contributed by atoms with E-state index in [0.29, 0.717) is 17.5 Å². The zero-order valence-corrected chi connectivity index (χ0v) is 12.5. The number of hydrogen-bond acceptors (Lipinski definition) is 3. The number of nitrogens with zero attached hydrogens (tertiary/aromatic N) is 1. The van der Waals surface area contributed by atoms with Gasteiger partial charge in [-0.1, -0.05) is 22.9 Å². The first-order chi connectivity index (χ1) is 9.70. The molecule has 2 heterocycles. The lowest BCUT2D eigenvalue weighted by Gasteiger charge is -2.01. The van der Waals surface area contributed by atoms with Crippen LogP contribution in [0, 0.1) is 0 Å². The van der Waals surface area contributed by atoms with E-state index in [4.69, 9.17) is 4.42 Å². The molecule has 3 aromatic rings. The summed E-state index contributed by atoms with van der Waals surface area (Å²) in [7, 11) is 0. The molecule has 0 N–H and O–H groups in total. The minimum atomic E-state index is -0.0268. The Bertz CT molecular complexity index is 778. The van der Waals surface area contributed by atoms with Crippen LogP contribution >= 0.6 is 15.9 Å². The number of furan rings is 1. The van der Waals surface area contributed by atoms with Crippen molar-refractivity contribution in [2.75, 3.05) is 0 Å². The number of carbonyl (C=O) groups excluding carboxylic acids is 1. The lowest BCUT2D eigenvalue weighted by Crippen LogP contribution is -2.03. The summed E-state index contributed by atoms with van der Waals surface area (Å²) in [5.41, 5.74) is 2.01. The molecule has 0 aliphatic rings. The van der Waals surface area contributed by atoms with E-state index < -0.39 is 0 Å². The second-order valence-electron chi connectivity index (χ2n) is 4.46. The Hall–Kier alpha value is -1.94. The molecule has 2 aromatic heterocycles. The number of aryl methyl sites for hydroxylation is 1. The van der Waals surface area contributed by atoms with Gasteiger partial charge in [0.1, 0.15) is 11.3 Å². The monoisotopic (exact) mass is 329 g/mol. The second kappa shape index (κ2) is 5.21. The average Bonchev–Trinajstić information content (AvgIpc) is 2.85. The summed E-state index contributed by atoms with van der Waals surface area (Å²) >= 11 is 3.44. The van der Waals surface area contributed by atoms with Crippen molar-refractivity contribution < 1.29 is 9.21 Å². The number of hydrogen-bond donors (Lipinski definition) is 0.